The Morgan fingerprint density at radius 1 is 1.11 bits per heavy atom. The lowest BCUT2D eigenvalue weighted by molar-refractivity contribution is -0.143. The van der Waals surface area contributed by atoms with Gasteiger partial charge in [-0.25, -0.2) is 4.79 Å². The van der Waals surface area contributed by atoms with Gasteiger partial charge in [0.15, 0.2) is 6.04 Å². The highest BCUT2D eigenvalue weighted by Crippen LogP contribution is 2.22. The van der Waals surface area contributed by atoms with Gasteiger partial charge in [-0.05, 0) is 48.4 Å². The molecule has 1 aliphatic heterocycles. The van der Waals surface area contributed by atoms with Gasteiger partial charge >= 0.3 is 5.97 Å². The van der Waals surface area contributed by atoms with Gasteiger partial charge in [-0.2, -0.15) is 0 Å². The van der Waals surface area contributed by atoms with Crippen LogP contribution in [0.4, 0.5) is 5.69 Å². The summed E-state index contributed by atoms with van der Waals surface area (Å²) in [5, 5.41) is 2.71. The van der Waals surface area contributed by atoms with Crippen molar-refractivity contribution in [1.29, 1.82) is 0 Å². The Bertz CT molecular complexity index is 849. The predicted molar refractivity (Wildman–Crippen MR) is 104 cm³/mol. The smallest absolute Gasteiger partial charge is 0.333 e. The summed E-state index contributed by atoms with van der Waals surface area (Å²) in [6, 6.07) is 12.9. The minimum absolute atomic E-state index is 0.0909. The first-order chi connectivity index (χ1) is 13.0. The molecule has 2 amide bonds. The molecule has 2 aromatic carbocycles. The van der Waals surface area contributed by atoms with Crippen LogP contribution < -0.4 is 10.2 Å². The SMILES string of the molecule is COC(=O)C(NC(=O)c1ccc(N2CCCC2=O)cc1)c1ccc(Br)cc1. The number of methoxy groups -OCH3 is 1. The number of ether oxygens (including phenoxy) is 1. The fourth-order valence-electron chi connectivity index (χ4n) is 2.98. The predicted octanol–water partition coefficient (Wildman–Crippen LogP) is 3.22. The molecule has 1 N–H and O–H groups in total. The molecule has 27 heavy (non-hydrogen) atoms. The summed E-state index contributed by atoms with van der Waals surface area (Å²) >= 11 is 3.34. The monoisotopic (exact) mass is 430 g/mol. The molecule has 1 atom stereocenters. The number of rotatable bonds is 5. The van der Waals surface area contributed by atoms with Gasteiger partial charge in [0.1, 0.15) is 0 Å². The van der Waals surface area contributed by atoms with E-state index < -0.39 is 17.9 Å². The number of benzene rings is 2. The van der Waals surface area contributed by atoms with E-state index >= 15 is 0 Å². The van der Waals surface area contributed by atoms with Crippen molar-refractivity contribution in [1.82, 2.24) is 5.32 Å². The van der Waals surface area contributed by atoms with E-state index in [0.717, 1.165) is 16.6 Å². The van der Waals surface area contributed by atoms with Crippen LogP contribution in [0.2, 0.25) is 0 Å². The number of carbonyl (C=O) groups excluding carboxylic acids is 3. The minimum Gasteiger partial charge on any atom is -0.467 e. The molecule has 0 saturated carbocycles. The first kappa shape index (κ1) is 19.1. The molecule has 1 fully saturated rings. The van der Waals surface area contributed by atoms with Crippen molar-refractivity contribution in [2.24, 2.45) is 0 Å². The second-order valence-electron chi connectivity index (χ2n) is 6.18. The van der Waals surface area contributed by atoms with Crippen LogP contribution in [0.5, 0.6) is 0 Å². The van der Waals surface area contributed by atoms with E-state index in [9.17, 15) is 14.4 Å². The van der Waals surface area contributed by atoms with Crippen LogP contribution in [-0.2, 0) is 14.3 Å². The summed E-state index contributed by atoms with van der Waals surface area (Å²) in [5.74, 6) is -0.856. The van der Waals surface area contributed by atoms with Crippen molar-refractivity contribution in [3.8, 4) is 0 Å². The van der Waals surface area contributed by atoms with Crippen LogP contribution in [0.3, 0.4) is 0 Å². The highest BCUT2D eigenvalue weighted by Gasteiger charge is 2.25. The van der Waals surface area contributed by atoms with Gasteiger partial charge in [-0.1, -0.05) is 28.1 Å². The highest BCUT2D eigenvalue weighted by atomic mass is 79.9. The minimum atomic E-state index is -0.907. The Morgan fingerprint density at radius 3 is 2.33 bits per heavy atom. The Labute approximate surface area is 165 Å². The third-order valence-corrected chi connectivity index (χ3v) is 4.96. The van der Waals surface area contributed by atoms with Crippen LogP contribution in [0.15, 0.2) is 53.0 Å². The van der Waals surface area contributed by atoms with Gasteiger partial charge in [-0.15, -0.1) is 0 Å². The lowest BCUT2D eigenvalue weighted by atomic mass is 10.1. The number of anilines is 1. The molecule has 1 unspecified atom stereocenters. The lowest BCUT2D eigenvalue weighted by Gasteiger charge is -2.18. The molecular formula is C20H19BrN2O4. The second kappa shape index (κ2) is 8.35. The maximum atomic E-state index is 12.6. The van der Waals surface area contributed by atoms with E-state index in [-0.39, 0.29) is 5.91 Å². The number of hydrogen-bond donors (Lipinski definition) is 1. The van der Waals surface area contributed by atoms with Crippen molar-refractivity contribution in [3.63, 3.8) is 0 Å². The summed E-state index contributed by atoms with van der Waals surface area (Å²) in [6.45, 7) is 0.693. The Balaban J connectivity index is 1.76. The van der Waals surface area contributed by atoms with Crippen LogP contribution in [0.25, 0.3) is 0 Å². The number of esters is 1. The normalized spacial score (nSPS) is 14.7. The van der Waals surface area contributed by atoms with Crippen molar-refractivity contribution in [2.75, 3.05) is 18.6 Å². The zero-order chi connectivity index (χ0) is 19.4. The number of nitrogens with one attached hydrogen (secondary N) is 1. The van der Waals surface area contributed by atoms with Gasteiger partial charge in [0.05, 0.1) is 7.11 Å². The molecule has 0 aliphatic carbocycles. The zero-order valence-corrected chi connectivity index (χ0v) is 16.4. The van der Waals surface area contributed by atoms with Gasteiger partial charge in [0.25, 0.3) is 5.91 Å². The molecule has 2 aromatic rings. The molecule has 1 heterocycles. The molecule has 6 nitrogen and oxygen atoms in total. The van der Waals surface area contributed by atoms with Crippen LogP contribution in [-0.4, -0.2) is 31.4 Å². The number of hydrogen-bond acceptors (Lipinski definition) is 4. The largest absolute Gasteiger partial charge is 0.467 e. The molecule has 0 bridgehead atoms. The summed E-state index contributed by atoms with van der Waals surface area (Å²) in [4.78, 5) is 38.3. The third kappa shape index (κ3) is 4.36. The van der Waals surface area contributed by atoms with E-state index in [1.54, 1.807) is 53.4 Å². The molecule has 1 aliphatic rings. The van der Waals surface area contributed by atoms with Crippen LogP contribution in [0.1, 0.15) is 34.8 Å². The standard InChI is InChI=1S/C20H19BrN2O4/c1-27-20(26)18(13-4-8-15(21)9-5-13)22-19(25)14-6-10-16(11-7-14)23-12-2-3-17(23)24/h4-11,18H,2-3,12H2,1H3,(H,22,25). The number of amides is 2. The summed E-state index contributed by atoms with van der Waals surface area (Å²) in [5.41, 5.74) is 1.79. The number of carbonyl (C=O) groups is 3. The quantitative estimate of drug-likeness (QED) is 0.738. The summed E-state index contributed by atoms with van der Waals surface area (Å²) in [6.07, 6.45) is 1.39. The van der Waals surface area contributed by atoms with Gasteiger partial charge in [0.2, 0.25) is 5.91 Å². The van der Waals surface area contributed by atoms with E-state index in [1.807, 2.05) is 0 Å². The van der Waals surface area contributed by atoms with E-state index in [4.69, 9.17) is 4.74 Å². The molecule has 0 spiro atoms. The van der Waals surface area contributed by atoms with Crippen molar-refractivity contribution in [3.05, 3.63) is 64.1 Å². The van der Waals surface area contributed by atoms with Gasteiger partial charge in [0, 0.05) is 28.7 Å². The fraction of sp³-hybridized carbons (Fsp3) is 0.250. The molecule has 0 aromatic heterocycles. The van der Waals surface area contributed by atoms with Crippen molar-refractivity contribution in [2.45, 2.75) is 18.9 Å². The Hall–Kier alpha value is -2.67. The second-order valence-corrected chi connectivity index (χ2v) is 7.09. The van der Waals surface area contributed by atoms with Crippen molar-refractivity contribution < 1.29 is 19.1 Å². The lowest BCUT2D eigenvalue weighted by Crippen LogP contribution is -2.34. The van der Waals surface area contributed by atoms with E-state index in [1.165, 1.54) is 7.11 Å². The molecule has 140 valence electrons. The molecule has 3 rings (SSSR count). The maximum Gasteiger partial charge on any atom is 0.333 e. The van der Waals surface area contributed by atoms with E-state index in [0.29, 0.717) is 24.1 Å². The highest BCUT2D eigenvalue weighted by molar-refractivity contribution is 9.10. The topological polar surface area (TPSA) is 75.7 Å². The maximum absolute atomic E-state index is 12.6. The number of nitrogens with zero attached hydrogens (tertiary/aromatic N) is 1. The average molecular weight is 431 g/mol. The van der Waals surface area contributed by atoms with Crippen LogP contribution in [0, 0.1) is 0 Å². The number of halogens is 1. The first-order valence-electron chi connectivity index (χ1n) is 8.54. The molecule has 0 radical (unpaired) electrons. The zero-order valence-electron chi connectivity index (χ0n) is 14.8. The Morgan fingerprint density at radius 2 is 1.78 bits per heavy atom. The summed E-state index contributed by atoms with van der Waals surface area (Å²) < 4.78 is 5.69. The van der Waals surface area contributed by atoms with Crippen molar-refractivity contribution >= 4 is 39.4 Å². The summed E-state index contributed by atoms with van der Waals surface area (Å²) in [7, 11) is 1.28. The van der Waals surface area contributed by atoms with Gasteiger partial charge in [-0.3, -0.25) is 9.59 Å². The molecule has 1 saturated heterocycles. The Kier molecular flexibility index (Phi) is 5.91. The first-order valence-corrected chi connectivity index (χ1v) is 9.33. The molecule has 7 heteroatoms. The fourth-order valence-corrected chi connectivity index (χ4v) is 3.24. The van der Waals surface area contributed by atoms with E-state index in [2.05, 4.69) is 21.2 Å². The van der Waals surface area contributed by atoms with Crippen LogP contribution >= 0.6 is 15.9 Å². The van der Waals surface area contributed by atoms with Gasteiger partial charge < -0.3 is 15.0 Å². The molecular weight excluding hydrogens is 412 g/mol. The third-order valence-electron chi connectivity index (χ3n) is 4.43. The average Bonchev–Trinajstić information content (AvgIpc) is 3.12.